The van der Waals surface area contributed by atoms with E-state index in [-0.39, 0.29) is 23.0 Å². The molecule has 0 unspecified atom stereocenters. The molecule has 0 atom stereocenters. The summed E-state index contributed by atoms with van der Waals surface area (Å²) in [6, 6.07) is 26.1. The van der Waals surface area contributed by atoms with Crippen LogP contribution in [0.4, 0.5) is 10.1 Å². The fourth-order valence-corrected chi connectivity index (χ4v) is 5.69. The maximum Gasteiger partial charge on any atom is 0.255 e. The Kier molecular flexibility index (Phi) is 7.21. The zero-order valence-electron chi connectivity index (χ0n) is 21.5. The predicted molar refractivity (Wildman–Crippen MR) is 153 cm³/mol. The summed E-state index contributed by atoms with van der Waals surface area (Å²) in [4.78, 5) is 13.0. The van der Waals surface area contributed by atoms with Crippen LogP contribution < -0.4 is 10.0 Å². The van der Waals surface area contributed by atoms with Gasteiger partial charge in [-0.05, 0) is 54.8 Å². The minimum absolute atomic E-state index is 0.106. The van der Waals surface area contributed by atoms with Crippen LogP contribution in [0.1, 0.15) is 21.5 Å². The number of furan rings is 1. The summed E-state index contributed by atoms with van der Waals surface area (Å²) in [5.41, 5.74) is 4.82. The van der Waals surface area contributed by atoms with E-state index in [0.29, 0.717) is 34.2 Å². The Bertz CT molecular complexity index is 1760. The fourth-order valence-electron chi connectivity index (χ4n) is 4.58. The second kappa shape index (κ2) is 10.7. The lowest BCUT2D eigenvalue weighted by Crippen LogP contribution is -2.19. The summed E-state index contributed by atoms with van der Waals surface area (Å²) in [6.45, 7) is 1.97. The van der Waals surface area contributed by atoms with Crippen molar-refractivity contribution in [1.29, 1.82) is 0 Å². The smallest absolute Gasteiger partial charge is 0.255 e. The van der Waals surface area contributed by atoms with Crippen molar-refractivity contribution < 1.29 is 22.0 Å². The molecule has 0 aliphatic heterocycles. The topological polar surface area (TPSA) is 88.4 Å². The number of fused-ring (bicyclic) bond motifs is 1. The van der Waals surface area contributed by atoms with Crippen molar-refractivity contribution in [1.82, 2.24) is 5.32 Å². The van der Waals surface area contributed by atoms with Gasteiger partial charge in [-0.1, -0.05) is 60.2 Å². The molecule has 0 saturated carbocycles. The van der Waals surface area contributed by atoms with Crippen LogP contribution in [0.15, 0.2) is 95.4 Å². The lowest BCUT2D eigenvalue weighted by molar-refractivity contribution is 0.0964. The first kappa shape index (κ1) is 26.2. The first-order valence-corrected chi connectivity index (χ1v) is 14.1. The van der Waals surface area contributed by atoms with E-state index >= 15 is 0 Å². The molecule has 1 aromatic heterocycles. The predicted octanol–water partition coefficient (Wildman–Crippen LogP) is 6.56. The number of rotatable bonds is 8. The molecule has 8 heteroatoms. The molecule has 2 N–H and O–H groups in total. The molecular formula is C31H27FN2O4S. The van der Waals surface area contributed by atoms with Crippen molar-refractivity contribution in [3.63, 3.8) is 0 Å². The molecular weight excluding hydrogens is 515 g/mol. The molecule has 4 aromatic carbocycles. The highest BCUT2D eigenvalue weighted by Crippen LogP contribution is 2.40. The van der Waals surface area contributed by atoms with Crippen molar-refractivity contribution in [2.45, 2.75) is 13.3 Å². The SMILES string of the molecule is CNC(=O)c1c(-c2ccc(F)cc2)oc2cc(NS(=O)(=O)CCc3cccc(C)c3)c(-c3ccccc3)cc12. The van der Waals surface area contributed by atoms with Crippen LogP contribution >= 0.6 is 0 Å². The van der Waals surface area contributed by atoms with E-state index in [9.17, 15) is 17.6 Å². The van der Waals surface area contributed by atoms with E-state index in [1.165, 1.54) is 31.3 Å². The number of carbonyl (C=O) groups is 1. The molecule has 1 amide bonds. The highest BCUT2D eigenvalue weighted by atomic mass is 32.2. The second-order valence-corrected chi connectivity index (χ2v) is 11.2. The maximum absolute atomic E-state index is 13.6. The van der Waals surface area contributed by atoms with Gasteiger partial charge in [0, 0.05) is 29.6 Å². The number of hydrogen-bond acceptors (Lipinski definition) is 4. The number of benzene rings is 4. The lowest BCUT2D eigenvalue weighted by atomic mass is 9.99. The van der Waals surface area contributed by atoms with Gasteiger partial charge in [0.05, 0.1) is 17.0 Å². The molecule has 198 valence electrons. The molecule has 0 saturated heterocycles. The van der Waals surface area contributed by atoms with Gasteiger partial charge in [0.2, 0.25) is 10.0 Å². The number of sulfonamides is 1. The van der Waals surface area contributed by atoms with E-state index in [2.05, 4.69) is 10.0 Å². The van der Waals surface area contributed by atoms with Crippen LogP contribution in [0, 0.1) is 12.7 Å². The number of aryl methyl sites for hydroxylation is 2. The highest BCUT2D eigenvalue weighted by Gasteiger charge is 2.24. The van der Waals surface area contributed by atoms with Gasteiger partial charge in [-0.2, -0.15) is 0 Å². The zero-order valence-corrected chi connectivity index (χ0v) is 22.3. The monoisotopic (exact) mass is 542 g/mol. The highest BCUT2D eigenvalue weighted by molar-refractivity contribution is 7.92. The standard InChI is InChI=1S/C31H27FN2O4S/c1-20-7-6-8-21(17-20)15-16-39(36,37)34-27-19-28-26(18-25(27)22-9-4-3-5-10-22)29(31(35)33-2)30(38-28)23-11-13-24(32)14-12-23/h3-14,17-19,34H,15-16H2,1-2H3,(H,33,35). The maximum atomic E-state index is 13.6. The first-order chi connectivity index (χ1) is 18.7. The molecule has 0 aliphatic carbocycles. The molecule has 0 radical (unpaired) electrons. The van der Waals surface area contributed by atoms with E-state index < -0.39 is 15.8 Å². The van der Waals surface area contributed by atoms with Crippen molar-refractivity contribution >= 4 is 32.6 Å². The third kappa shape index (κ3) is 5.71. The minimum Gasteiger partial charge on any atom is -0.455 e. The van der Waals surface area contributed by atoms with Crippen LogP contribution in [0.3, 0.4) is 0 Å². The summed E-state index contributed by atoms with van der Waals surface area (Å²) in [6.07, 6.45) is 0.357. The van der Waals surface area contributed by atoms with Gasteiger partial charge in [-0.15, -0.1) is 0 Å². The van der Waals surface area contributed by atoms with E-state index in [1.54, 1.807) is 12.1 Å². The van der Waals surface area contributed by atoms with Crippen molar-refractivity contribution in [2.75, 3.05) is 17.5 Å². The van der Waals surface area contributed by atoms with Gasteiger partial charge in [-0.3, -0.25) is 9.52 Å². The number of carbonyl (C=O) groups excluding carboxylic acids is 1. The Balaban J connectivity index is 1.62. The Morgan fingerprint density at radius 2 is 1.64 bits per heavy atom. The minimum atomic E-state index is -3.74. The van der Waals surface area contributed by atoms with Crippen molar-refractivity contribution in [2.24, 2.45) is 0 Å². The van der Waals surface area contributed by atoms with Gasteiger partial charge < -0.3 is 9.73 Å². The normalized spacial score (nSPS) is 11.5. The first-order valence-electron chi connectivity index (χ1n) is 12.4. The Morgan fingerprint density at radius 3 is 2.33 bits per heavy atom. The zero-order chi connectivity index (χ0) is 27.6. The number of hydrogen-bond donors (Lipinski definition) is 2. The number of halogens is 1. The average Bonchev–Trinajstić information content (AvgIpc) is 3.30. The molecule has 39 heavy (non-hydrogen) atoms. The van der Waals surface area contributed by atoms with Gasteiger partial charge in [0.1, 0.15) is 17.2 Å². The van der Waals surface area contributed by atoms with Gasteiger partial charge >= 0.3 is 0 Å². The molecule has 0 fully saturated rings. The van der Waals surface area contributed by atoms with Crippen LogP contribution in [-0.2, 0) is 16.4 Å². The molecule has 5 rings (SSSR count). The number of nitrogens with one attached hydrogen (secondary N) is 2. The molecule has 5 aromatic rings. The van der Waals surface area contributed by atoms with Crippen LogP contribution in [0.2, 0.25) is 0 Å². The summed E-state index contributed by atoms with van der Waals surface area (Å²) >= 11 is 0. The van der Waals surface area contributed by atoms with Crippen LogP contribution in [-0.4, -0.2) is 27.1 Å². The quantitative estimate of drug-likeness (QED) is 0.233. The Labute approximate surface area is 226 Å². The van der Waals surface area contributed by atoms with Crippen molar-refractivity contribution in [3.8, 4) is 22.5 Å². The van der Waals surface area contributed by atoms with Gasteiger partial charge in [0.25, 0.3) is 5.91 Å². The van der Waals surface area contributed by atoms with Gasteiger partial charge in [-0.25, -0.2) is 12.8 Å². The molecule has 0 bridgehead atoms. The lowest BCUT2D eigenvalue weighted by Gasteiger charge is -2.14. The summed E-state index contributed by atoms with van der Waals surface area (Å²) in [5.74, 6) is -0.628. The number of amides is 1. The Hall–Kier alpha value is -4.43. The van der Waals surface area contributed by atoms with Crippen LogP contribution in [0.5, 0.6) is 0 Å². The van der Waals surface area contributed by atoms with E-state index in [1.807, 2.05) is 61.5 Å². The average molecular weight is 543 g/mol. The van der Waals surface area contributed by atoms with E-state index in [0.717, 1.165) is 16.7 Å². The van der Waals surface area contributed by atoms with Gasteiger partial charge in [0.15, 0.2) is 0 Å². The van der Waals surface area contributed by atoms with Crippen molar-refractivity contribution in [3.05, 3.63) is 114 Å². The summed E-state index contributed by atoms with van der Waals surface area (Å²) in [7, 11) is -2.22. The second-order valence-electron chi connectivity index (χ2n) is 9.31. The largest absolute Gasteiger partial charge is 0.455 e. The third-order valence-corrected chi connectivity index (χ3v) is 7.75. The van der Waals surface area contributed by atoms with E-state index in [4.69, 9.17) is 4.42 Å². The molecule has 6 nitrogen and oxygen atoms in total. The molecule has 0 aliphatic rings. The fraction of sp³-hybridized carbons (Fsp3) is 0.129. The molecule has 0 spiro atoms. The summed E-state index contributed by atoms with van der Waals surface area (Å²) < 4.78 is 48.9. The number of anilines is 1. The Morgan fingerprint density at radius 1 is 0.897 bits per heavy atom. The summed E-state index contributed by atoms with van der Waals surface area (Å²) in [5, 5.41) is 3.15. The van der Waals surface area contributed by atoms with Crippen LogP contribution in [0.25, 0.3) is 33.4 Å². The third-order valence-electron chi connectivity index (χ3n) is 6.48. The molecule has 1 heterocycles.